The first kappa shape index (κ1) is 23.8. The summed E-state index contributed by atoms with van der Waals surface area (Å²) in [5.74, 6) is -0.223. The Bertz CT molecular complexity index is 1030. The number of hydrogen-bond donors (Lipinski definition) is 1. The minimum atomic E-state index is -5.12. The average molecular weight is 475 g/mol. The van der Waals surface area contributed by atoms with Crippen LogP contribution in [0.15, 0.2) is 48.5 Å². The van der Waals surface area contributed by atoms with Gasteiger partial charge in [0.05, 0.1) is 5.56 Å². The predicted octanol–water partition coefficient (Wildman–Crippen LogP) is 4.04. The first-order valence-corrected chi connectivity index (χ1v) is 11.0. The number of amides is 2. The van der Waals surface area contributed by atoms with Gasteiger partial charge in [-0.05, 0) is 48.4 Å². The van der Waals surface area contributed by atoms with Gasteiger partial charge in [0.2, 0.25) is 0 Å². The SMILES string of the molecule is O=C(Nc1ccc(OS(=O)(=O)F)cc1)N1CCCN(Cc2ccc(C(F)(F)F)cc2)CC1. The van der Waals surface area contributed by atoms with Crippen LogP contribution in [0.5, 0.6) is 5.75 Å². The summed E-state index contributed by atoms with van der Waals surface area (Å²) in [6, 6.07) is 9.87. The fraction of sp³-hybridized carbons (Fsp3) is 0.350. The lowest BCUT2D eigenvalue weighted by molar-refractivity contribution is -0.137. The number of hydrogen-bond acceptors (Lipinski definition) is 5. The highest BCUT2D eigenvalue weighted by molar-refractivity contribution is 7.81. The molecule has 174 valence electrons. The Morgan fingerprint density at radius 3 is 2.22 bits per heavy atom. The van der Waals surface area contributed by atoms with Crippen LogP contribution in [0.3, 0.4) is 0 Å². The summed E-state index contributed by atoms with van der Waals surface area (Å²) in [7, 11) is -5.12. The Balaban J connectivity index is 1.51. The van der Waals surface area contributed by atoms with E-state index in [1.165, 1.54) is 36.4 Å². The van der Waals surface area contributed by atoms with Gasteiger partial charge >= 0.3 is 22.7 Å². The van der Waals surface area contributed by atoms with Crippen LogP contribution in [0.4, 0.5) is 27.5 Å². The molecule has 7 nitrogen and oxygen atoms in total. The van der Waals surface area contributed by atoms with Crippen molar-refractivity contribution in [2.75, 3.05) is 31.5 Å². The molecule has 1 N–H and O–H groups in total. The summed E-state index contributed by atoms with van der Waals surface area (Å²) in [6.07, 6.45) is -3.68. The summed E-state index contributed by atoms with van der Waals surface area (Å²) < 4.78 is 75.7. The maximum Gasteiger partial charge on any atom is 0.488 e. The molecule has 2 aromatic carbocycles. The molecular weight excluding hydrogens is 454 g/mol. The third-order valence-corrected chi connectivity index (χ3v) is 5.26. The predicted molar refractivity (Wildman–Crippen MR) is 109 cm³/mol. The van der Waals surface area contributed by atoms with Crippen molar-refractivity contribution >= 4 is 22.2 Å². The number of nitrogens with one attached hydrogen (secondary N) is 1. The smallest absolute Gasteiger partial charge is 0.358 e. The number of rotatable bonds is 5. The van der Waals surface area contributed by atoms with Crippen LogP contribution >= 0.6 is 0 Å². The second kappa shape index (κ2) is 9.74. The minimum Gasteiger partial charge on any atom is -0.358 e. The van der Waals surface area contributed by atoms with Crippen LogP contribution in [0.2, 0.25) is 0 Å². The molecular formula is C20H21F4N3O4S. The number of halogens is 4. The van der Waals surface area contributed by atoms with Crippen LogP contribution in [0.1, 0.15) is 17.5 Å². The van der Waals surface area contributed by atoms with E-state index in [0.29, 0.717) is 44.8 Å². The lowest BCUT2D eigenvalue weighted by Crippen LogP contribution is -2.38. The Hall–Kier alpha value is -2.86. The van der Waals surface area contributed by atoms with Gasteiger partial charge in [-0.2, -0.15) is 21.6 Å². The Morgan fingerprint density at radius 1 is 0.969 bits per heavy atom. The van der Waals surface area contributed by atoms with Gasteiger partial charge in [0.25, 0.3) is 0 Å². The molecule has 0 unspecified atom stereocenters. The molecule has 2 amide bonds. The van der Waals surface area contributed by atoms with Crippen LogP contribution in [-0.2, 0) is 23.2 Å². The molecule has 0 radical (unpaired) electrons. The zero-order valence-electron chi connectivity index (χ0n) is 16.8. The van der Waals surface area contributed by atoms with E-state index in [0.717, 1.165) is 17.7 Å². The maximum atomic E-state index is 12.7. The number of alkyl halides is 3. The molecule has 0 spiro atoms. The van der Waals surface area contributed by atoms with Crippen molar-refractivity contribution in [1.82, 2.24) is 9.80 Å². The fourth-order valence-electron chi connectivity index (χ4n) is 3.30. The average Bonchev–Trinajstić information content (AvgIpc) is 2.94. The van der Waals surface area contributed by atoms with Gasteiger partial charge in [-0.15, -0.1) is 0 Å². The summed E-state index contributed by atoms with van der Waals surface area (Å²) in [5.41, 5.74) is 0.448. The monoisotopic (exact) mass is 475 g/mol. The van der Waals surface area contributed by atoms with E-state index in [2.05, 4.69) is 14.4 Å². The van der Waals surface area contributed by atoms with Crippen LogP contribution in [-0.4, -0.2) is 50.4 Å². The van der Waals surface area contributed by atoms with Crippen molar-refractivity contribution in [2.24, 2.45) is 0 Å². The topological polar surface area (TPSA) is 78.9 Å². The molecule has 0 aromatic heterocycles. The Morgan fingerprint density at radius 2 is 1.62 bits per heavy atom. The van der Waals surface area contributed by atoms with E-state index in [1.807, 2.05) is 0 Å². The van der Waals surface area contributed by atoms with Gasteiger partial charge in [0.1, 0.15) is 5.75 Å². The highest BCUT2D eigenvalue weighted by Gasteiger charge is 2.30. The lowest BCUT2D eigenvalue weighted by Gasteiger charge is -2.22. The highest BCUT2D eigenvalue weighted by atomic mass is 32.3. The van der Waals surface area contributed by atoms with Crippen molar-refractivity contribution in [3.05, 3.63) is 59.7 Å². The molecule has 3 rings (SSSR count). The standard InChI is InChI=1S/C20H21F4N3O4S/c21-20(22,23)16-4-2-15(3-5-16)14-26-10-1-11-27(13-12-26)19(28)25-17-6-8-18(9-7-17)31-32(24,29)30/h2-9H,1,10-14H2,(H,25,28). The number of nitrogens with zero attached hydrogens (tertiary/aromatic N) is 2. The minimum absolute atomic E-state index is 0.223. The zero-order chi connectivity index (χ0) is 23.4. The van der Waals surface area contributed by atoms with Gasteiger partial charge in [-0.1, -0.05) is 16.0 Å². The third kappa shape index (κ3) is 7.09. The van der Waals surface area contributed by atoms with Crippen LogP contribution in [0.25, 0.3) is 0 Å². The zero-order valence-corrected chi connectivity index (χ0v) is 17.6. The molecule has 32 heavy (non-hydrogen) atoms. The van der Waals surface area contributed by atoms with Gasteiger partial charge < -0.3 is 14.4 Å². The van der Waals surface area contributed by atoms with E-state index in [9.17, 15) is 30.3 Å². The molecule has 1 aliphatic heterocycles. The lowest BCUT2D eigenvalue weighted by atomic mass is 10.1. The Labute approximate surface area is 183 Å². The molecule has 1 heterocycles. The number of benzene rings is 2. The quantitative estimate of drug-likeness (QED) is 0.522. The normalized spacial score (nSPS) is 15.8. The second-order valence-electron chi connectivity index (χ2n) is 7.24. The molecule has 0 aliphatic carbocycles. The number of anilines is 1. The molecule has 1 fully saturated rings. The summed E-state index contributed by atoms with van der Waals surface area (Å²) in [6.45, 7) is 2.64. The van der Waals surface area contributed by atoms with Gasteiger partial charge in [-0.3, -0.25) is 4.90 Å². The summed E-state index contributed by atoms with van der Waals surface area (Å²) in [5, 5.41) is 2.68. The third-order valence-electron chi connectivity index (χ3n) is 4.86. The first-order chi connectivity index (χ1) is 15.0. The van der Waals surface area contributed by atoms with Crippen LogP contribution < -0.4 is 9.50 Å². The summed E-state index contributed by atoms with van der Waals surface area (Å²) >= 11 is 0. The van der Waals surface area contributed by atoms with E-state index >= 15 is 0 Å². The van der Waals surface area contributed by atoms with E-state index in [1.54, 1.807) is 4.90 Å². The molecule has 0 saturated carbocycles. The molecule has 1 saturated heterocycles. The van der Waals surface area contributed by atoms with Gasteiger partial charge in [0.15, 0.2) is 0 Å². The summed E-state index contributed by atoms with van der Waals surface area (Å²) in [4.78, 5) is 16.2. The van der Waals surface area contributed by atoms with Crippen molar-refractivity contribution in [2.45, 2.75) is 19.1 Å². The molecule has 12 heteroatoms. The van der Waals surface area contributed by atoms with Crippen LogP contribution in [0, 0.1) is 0 Å². The van der Waals surface area contributed by atoms with Crippen molar-refractivity contribution in [3.8, 4) is 5.75 Å². The Kier molecular flexibility index (Phi) is 7.24. The fourth-order valence-corrected chi connectivity index (χ4v) is 3.64. The number of carbonyl (C=O) groups is 1. The first-order valence-electron chi connectivity index (χ1n) is 9.68. The number of urea groups is 1. The van der Waals surface area contributed by atoms with Crippen molar-refractivity contribution in [1.29, 1.82) is 0 Å². The van der Waals surface area contributed by atoms with Gasteiger partial charge in [0, 0.05) is 38.4 Å². The highest BCUT2D eigenvalue weighted by Crippen LogP contribution is 2.29. The maximum absolute atomic E-state index is 12.7. The number of carbonyl (C=O) groups excluding carboxylic acids is 1. The molecule has 0 bridgehead atoms. The van der Waals surface area contributed by atoms with Gasteiger partial charge in [-0.25, -0.2) is 4.79 Å². The molecule has 0 atom stereocenters. The van der Waals surface area contributed by atoms with Crippen molar-refractivity contribution in [3.63, 3.8) is 0 Å². The van der Waals surface area contributed by atoms with E-state index in [-0.39, 0.29) is 11.8 Å². The second-order valence-corrected chi connectivity index (χ2v) is 8.20. The molecule has 1 aliphatic rings. The van der Waals surface area contributed by atoms with E-state index in [4.69, 9.17) is 0 Å². The molecule has 2 aromatic rings. The van der Waals surface area contributed by atoms with E-state index < -0.39 is 22.2 Å². The largest absolute Gasteiger partial charge is 0.488 e. The van der Waals surface area contributed by atoms with Crippen molar-refractivity contribution < 1.29 is 34.5 Å².